The van der Waals surface area contributed by atoms with Crippen LogP contribution in [0.1, 0.15) is 44.3 Å². The van der Waals surface area contributed by atoms with Crippen molar-refractivity contribution in [1.29, 1.82) is 0 Å². The summed E-state index contributed by atoms with van der Waals surface area (Å²) in [6.45, 7) is 4.86. The summed E-state index contributed by atoms with van der Waals surface area (Å²) in [4.78, 5) is 0. The first-order valence-electron chi connectivity index (χ1n) is 7.96. The Kier molecular flexibility index (Phi) is 4.36. The average Bonchev–Trinajstić information content (AvgIpc) is 2.52. The van der Waals surface area contributed by atoms with Crippen molar-refractivity contribution in [2.45, 2.75) is 44.3 Å². The number of ether oxygens (including phenoxy) is 3. The van der Waals surface area contributed by atoms with Crippen LogP contribution in [0.4, 0.5) is 0 Å². The summed E-state index contributed by atoms with van der Waals surface area (Å²) in [6.07, 6.45) is 4.03. The molecule has 21 heavy (non-hydrogen) atoms. The third kappa shape index (κ3) is 2.87. The summed E-state index contributed by atoms with van der Waals surface area (Å²) >= 11 is 0. The Morgan fingerprint density at radius 1 is 1.33 bits per heavy atom. The fourth-order valence-electron chi connectivity index (χ4n) is 3.37. The third-order valence-electron chi connectivity index (χ3n) is 4.49. The van der Waals surface area contributed by atoms with Gasteiger partial charge in [0, 0.05) is 13.5 Å². The highest BCUT2D eigenvalue weighted by Crippen LogP contribution is 2.48. The van der Waals surface area contributed by atoms with Gasteiger partial charge in [-0.3, -0.25) is 0 Å². The number of rotatable bonds is 4. The van der Waals surface area contributed by atoms with Crippen LogP contribution in [-0.2, 0) is 4.74 Å². The highest BCUT2D eigenvalue weighted by atomic mass is 16.5. The zero-order valence-electron chi connectivity index (χ0n) is 13.0. The van der Waals surface area contributed by atoms with E-state index >= 15 is 0 Å². The van der Waals surface area contributed by atoms with Gasteiger partial charge in [0.15, 0.2) is 0 Å². The molecular formula is C17H25NO3. The molecule has 1 atom stereocenters. The normalized spacial score (nSPS) is 23.4. The predicted molar refractivity (Wildman–Crippen MR) is 82.1 cm³/mol. The average molecular weight is 291 g/mol. The molecule has 2 heterocycles. The van der Waals surface area contributed by atoms with Gasteiger partial charge in [0.25, 0.3) is 0 Å². The van der Waals surface area contributed by atoms with E-state index in [9.17, 15) is 0 Å². The lowest BCUT2D eigenvalue weighted by molar-refractivity contribution is -0.0490. The number of hydrogen-bond donors (Lipinski definition) is 1. The molecular weight excluding hydrogens is 266 g/mol. The zero-order chi connectivity index (χ0) is 14.7. The molecule has 2 aliphatic rings. The molecule has 4 heteroatoms. The van der Waals surface area contributed by atoms with E-state index in [1.54, 1.807) is 7.11 Å². The van der Waals surface area contributed by atoms with E-state index in [4.69, 9.17) is 14.2 Å². The maximum atomic E-state index is 6.41. The quantitative estimate of drug-likeness (QED) is 0.925. The van der Waals surface area contributed by atoms with Gasteiger partial charge in [-0.1, -0.05) is 13.0 Å². The van der Waals surface area contributed by atoms with Gasteiger partial charge in [-0.05, 0) is 44.5 Å². The molecule has 3 rings (SSSR count). The fourth-order valence-corrected chi connectivity index (χ4v) is 3.37. The number of fused-ring (bicyclic) bond motifs is 1. The first-order chi connectivity index (χ1) is 10.3. The molecule has 0 bridgehead atoms. The van der Waals surface area contributed by atoms with Gasteiger partial charge in [-0.15, -0.1) is 0 Å². The Balaban J connectivity index is 1.92. The summed E-state index contributed by atoms with van der Waals surface area (Å²) in [5.74, 6) is 1.84. The van der Waals surface area contributed by atoms with Crippen molar-refractivity contribution in [1.82, 2.24) is 5.32 Å². The monoisotopic (exact) mass is 291 g/mol. The molecule has 1 aromatic carbocycles. The molecule has 1 fully saturated rings. The first kappa shape index (κ1) is 14.7. The summed E-state index contributed by atoms with van der Waals surface area (Å²) in [5.41, 5.74) is 1.00. The van der Waals surface area contributed by atoms with E-state index in [1.807, 2.05) is 18.2 Å². The van der Waals surface area contributed by atoms with Crippen LogP contribution in [-0.4, -0.2) is 32.4 Å². The zero-order valence-corrected chi connectivity index (χ0v) is 13.0. The maximum absolute atomic E-state index is 6.41. The molecule has 0 radical (unpaired) electrons. The topological polar surface area (TPSA) is 39.7 Å². The first-order valence-corrected chi connectivity index (χ1v) is 7.96. The lowest BCUT2D eigenvalue weighted by Crippen LogP contribution is -2.49. The Hall–Kier alpha value is -1.26. The van der Waals surface area contributed by atoms with Gasteiger partial charge in [0.2, 0.25) is 0 Å². The van der Waals surface area contributed by atoms with E-state index in [0.29, 0.717) is 0 Å². The molecule has 1 saturated heterocycles. The molecule has 2 aliphatic heterocycles. The van der Waals surface area contributed by atoms with Crippen molar-refractivity contribution in [3.63, 3.8) is 0 Å². The smallest absolute Gasteiger partial charge is 0.129 e. The molecule has 1 aromatic rings. The highest BCUT2D eigenvalue weighted by molar-refractivity contribution is 5.48. The van der Waals surface area contributed by atoms with Gasteiger partial charge in [0.05, 0.1) is 18.3 Å². The van der Waals surface area contributed by atoms with Crippen molar-refractivity contribution in [2.75, 3.05) is 26.8 Å². The van der Waals surface area contributed by atoms with Gasteiger partial charge in [-0.2, -0.15) is 0 Å². The standard InChI is InChI=1S/C17H25NO3/c1-3-11-20-13-5-4-6-14-16(13)15(19-2)12-17(21-14)7-9-18-10-8-17/h4-6,15,18H,3,7-12H2,1-2H3. The molecule has 1 N–H and O–H groups in total. The maximum Gasteiger partial charge on any atom is 0.129 e. The van der Waals surface area contributed by atoms with Crippen molar-refractivity contribution >= 4 is 0 Å². The number of methoxy groups -OCH3 is 1. The number of nitrogens with one attached hydrogen (secondary N) is 1. The molecule has 1 unspecified atom stereocenters. The summed E-state index contributed by atoms with van der Waals surface area (Å²) < 4.78 is 18.1. The Bertz CT molecular complexity index is 483. The summed E-state index contributed by atoms with van der Waals surface area (Å²) in [5, 5.41) is 3.41. The third-order valence-corrected chi connectivity index (χ3v) is 4.49. The van der Waals surface area contributed by atoms with Crippen LogP contribution >= 0.6 is 0 Å². The van der Waals surface area contributed by atoms with Crippen molar-refractivity contribution in [3.05, 3.63) is 23.8 Å². The van der Waals surface area contributed by atoms with E-state index in [0.717, 1.165) is 62.4 Å². The molecule has 116 valence electrons. The minimum Gasteiger partial charge on any atom is -0.493 e. The van der Waals surface area contributed by atoms with Gasteiger partial charge < -0.3 is 19.5 Å². The van der Waals surface area contributed by atoms with Crippen molar-refractivity contribution < 1.29 is 14.2 Å². The summed E-state index contributed by atoms with van der Waals surface area (Å²) in [7, 11) is 1.78. The molecule has 0 amide bonds. The number of hydrogen-bond acceptors (Lipinski definition) is 4. The largest absolute Gasteiger partial charge is 0.493 e. The molecule has 4 nitrogen and oxygen atoms in total. The molecule has 1 spiro atoms. The minimum absolute atomic E-state index is 0.0555. The van der Waals surface area contributed by atoms with Crippen LogP contribution in [0.5, 0.6) is 11.5 Å². The predicted octanol–water partition coefficient (Wildman–Crippen LogP) is 3.07. The van der Waals surface area contributed by atoms with Crippen LogP contribution < -0.4 is 14.8 Å². The van der Waals surface area contributed by atoms with Crippen LogP contribution in [0.2, 0.25) is 0 Å². The van der Waals surface area contributed by atoms with E-state index in [1.165, 1.54) is 0 Å². The molecule has 0 aromatic heterocycles. The van der Waals surface area contributed by atoms with Crippen LogP contribution in [0, 0.1) is 0 Å². The second-order valence-electron chi connectivity index (χ2n) is 5.98. The van der Waals surface area contributed by atoms with E-state index < -0.39 is 0 Å². The lowest BCUT2D eigenvalue weighted by atomic mass is 9.82. The van der Waals surface area contributed by atoms with Gasteiger partial charge in [0.1, 0.15) is 17.1 Å². The van der Waals surface area contributed by atoms with Crippen LogP contribution in [0.25, 0.3) is 0 Å². The van der Waals surface area contributed by atoms with Crippen molar-refractivity contribution in [3.8, 4) is 11.5 Å². The Labute approximate surface area is 126 Å². The molecule has 0 saturated carbocycles. The second kappa shape index (κ2) is 6.24. The Morgan fingerprint density at radius 3 is 2.86 bits per heavy atom. The number of benzene rings is 1. The highest BCUT2D eigenvalue weighted by Gasteiger charge is 2.43. The minimum atomic E-state index is -0.0810. The lowest BCUT2D eigenvalue weighted by Gasteiger charge is -2.44. The fraction of sp³-hybridized carbons (Fsp3) is 0.647. The van der Waals surface area contributed by atoms with E-state index in [2.05, 4.69) is 12.2 Å². The van der Waals surface area contributed by atoms with Crippen molar-refractivity contribution in [2.24, 2.45) is 0 Å². The summed E-state index contributed by atoms with van der Waals surface area (Å²) in [6, 6.07) is 6.07. The SMILES string of the molecule is CCCOc1cccc2c1C(OC)CC1(CCNCC1)O2. The van der Waals surface area contributed by atoms with Crippen LogP contribution in [0.15, 0.2) is 18.2 Å². The van der Waals surface area contributed by atoms with Crippen LogP contribution in [0.3, 0.4) is 0 Å². The number of piperidine rings is 1. The van der Waals surface area contributed by atoms with Gasteiger partial charge in [-0.25, -0.2) is 0 Å². The Morgan fingerprint density at radius 2 is 2.14 bits per heavy atom. The van der Waals surface area contributed by atoms with Gasteiger partial charge >= 0.3 is 0 Å². The molecule has 0 aliphatic carbocycles. The van der Waals surface area contributed by atoms with E-state index in [-0.39, 0.29) is 11.7 Å². The second-order valence-corrected chi connectivity index (χ2v) is 5.98.